The molecule has 0 unspecified atom stereocenters. The molecule has 0 heterocycles. The second kappa shape index (κ2) is 6.35. The van der Waals surface area contributed by atoms with Crippen molar-refractivity contribution in [1.29, 1.82) is 0 Å². The number of ether oxygens (including phenoxy) is 1. The molecule has 2 aromatic rings. The molecule has 19 heavy (non-hydrogen) atoms. The van der Waals surface area contributed by atoms with Gasteiger partial charge in [0.15, 0.2) is 0 Å². The Kier molecular flexibility index (Phi) is 4.77. The van der Waals surface area contributed by atoms with Crippen LogP contribution in [0.25, 0.3) is 0 Å². The van der Waals surface area contributed by atoms with E-state index in [4.69, 9.17) is 16.3 Å². The van der Waals surface area contributed by atoms with Crippen LogP contribution in [0.2, 0.25) is 0 Å². The molecule has 5 heteroatoms. The Morgan fingerprint density at radius 1 is 1.11 bits per heavy atom. The molecule has 0 atom stereocenters. The fraction of sp³-hybridized carbons (Fsp3) is 0.143. The lowest BCUT2D eigenvalue weighted by molar-refractivity contribution is 0.290. The van der Waals surface area contributed by atoms with Crippen LogP contribution in [0, 0.1) is 11.6 Å². The van der Waals surface area contributed by atoms with Gasteiger partial charge in [-0.2, -0.15) is 0 Å². The first kappa shape index (κ1) is 14.3. The Hall–Kier alpha value is -1.13. The van der Waals surface area contributed by atoms with Crippen LogP contribution in [0.4, 0.5) is 8.78 Å². The molecule has 0 aliphatic heterocycles. The summed E-state index contributed by atoms with van der Waals surface area (Å²) in [6.07, 6.45) is 0. The van der Waals surface area contributed by atoms with Gasteiger partial charge in [0.1, 0.15) is 24.0 Å². The molecule has 0 aliphatic carbocycles. The van der Waals surface area contributed by atoms with Crippen molar-refractivity contribution in [2.75, 3.05) is 0 Å². The first-order chi connectivity index (χ1) is 9.11. The maximum Gasteiger partial charge on any atom is 0.134 e. The van der Waals surface area contributed by atoms with Crippen LogP contribution in [-0.2, 0) is 12.5 Å². The number of benzene rings is 2. The second-order valence-corrected chi connectivity index (χ2v) is 5.01. The van der Waals surface area contributed by atoms with Gasteiger partial charge in [-0.3, -0.25) is 0 Å². The van der Waals surface area contributed by atoms with Crippen molar-refractivity contribution in [2.24, 2.45) is 0 Å². The molecule has 0 saturated carbocycles. The molecule has 2 rings (SSSR count). The average Bonchev–Trinajstić information content (AvgIpc) is 2.39. The van der Waals surface area contributed by atoms with Gasteiger partial charge in [0.05, 0.1) is 10.0 Å². The molecule has 0 bridgehead atoms. The zero-order chi connectivity index (χ0) is 13.8. The minimum Gasteiger partial charge on any atom is -0.488 e. The summed E-state index contributed by atoms with van der Waals surface area (Å²) in [6.45, 7) is -0.169. The molecule has 2 aromatic carbocycles. The van der Waals surface area contributed by atoms with Crippen LogP contribution in [0.5, 0.6) is 5.75 Å². The average molecular weight is 348 g/mol. The standard InChI is InChI=1S/C14H10BrClF2O/c15-11-6-9(7-16)4-5-14(11)19-8-10-12(17)2-1-3-13(10)18/h1-6H,7-8H2. The van der Waals surface area contributed by atoms with Crippen LogP contribution >= 0.6 is 27.5 Å². The van der Waals surface area contributed by atoms with Gasteiger partial charge >= 0.3 is 0 Å². The van der Waals surface area contributed by atoms with Crippen LogP contribution in [0.3, 0.4) is 0 Å². The number of rotatable bonds is 4. The topological polar surface area (TPSA) is 9.23 Å². The normalized spacial score (nSPS) is 10.5. The third kappa shape index (κ3) is 3.45. The van der Waals surface area contributed by atoms with Crippen molar-refractivity contribution in [1.82, 2.24) is 0 Å². The van der Waals surface area contributed by atoms with Gasteiger partial charge in [-0.05, 0) is 45.8 Å². The van der Waals surface area contributed by atoms with Gasteiger partial charge < -0.3 is 4.74 Å². The van der Waals surface area contributed by atoms with Gasteiger partial charge in [0, 0.05) is 5.88 Å². The minimum atomic E-state index is -0.617. The number of alkyl halides is 1. The third-order valence-corrected chi connectivity index (χ3v) is 3.51. The fourth-order valence-corrected chi connectivity index (χ4v) is 2.27. The van der Waals surface area contributed by atoms with Crippen molar-refractivity contribution >= 4 is 27.5 Å². The van der Waals surface area contributed by atoms with Gasteiger partial charge in [0.2, 0.25) is 0 Å². The molecule has 100 valence electrons. The van der Waals surface area contributed by atoms with Crippen LogP contribution < -0.4 is 4.74 Å². The number of hydrogen-bond donors (Lipinski definition) is 0. The molecule has 0 fully saturated rings. The number of hydrogen-bond acceptors (Lipinski definition) is 1. The summed E-state index contributed by atoms with van der Waals surface area (Å²) in [5.41, 5.74) is 0.841. The predicted molar refractivity (Wildman–Crippen MR) is 74.4 cm³/mol. The first-order valence-corrected chi connectivity index (χ1v) is 6.84. The summed E-state index contributed by atoms with van der Waals surface area (Å²) >= 11 is 9.03. The molecule has 0 N–H and O–H groups in total. The first-order valence-electron chi connectivity index (χ1n) is 5.52. The van der Waals surface area contributed by atoms with E-state index in [2.05, 4.69) is 15.9 Å². The van der Waals surface area contributed by atoms with Gasteiger partial charge in [0.25, 0.3) is 0 Å². The van der Waals surface area contributed by atoms with Crippen LogP contribution in [0.15, 0.2) is 40.9 Å². The molecule has 0 saturated heterocycles. The van der Waals surface area contributed by atoms with Crippen LogP contribution in [0.1, 0.15) is 11.1 Å². The summed E-state index contributed by atoms with van der Waals surface area (Å²) < 4.78 is 33.0. The molecular weight excluding hydrogens is 338 g/mol. The highest BCUT2D eigenvalue weighted by molar-refractivity contribution is 9.10. The molecule has 0 aromatic heterocycles. The lowest BCUT2D eigenvalue weighted by atomic mass is 10.2. The molecule has 0 radical (unpaired) electrons. The highest BCUT2D eigenvalue weighted by atomic mass is 79.9. The van der Waals surface area contributed by atoms with Gasteiger partial charge in [-0.1, -0.05) is 12.1 Å². The zero-order valence-electron chi connectivity index (χ0n) is 9.80. The van der Waals surface area contributed by atoms with Crippen molar-refractivity contribution < 1.29 is 13.5 Å². The fourth-order valence-electron chi connectivity index (χ4n) is 1.56. The number of halogens is 4. The summed E-state index contributed by atoms with van der Waals surface area (Å²) in [5.74, 6) is -0.334. The van der Waals surface area contributed by atoms with Crippen molar-refractivity contribution in [3.05, 3.63) is 63.6 Å². The van der Waals surface area contributed by atoms with E-state index in [0.717, 1.165) is 5.56 Å². The highest BCUT2D eigenvalue weighted by Gasteiger charge is 2.10. The summed E-state index contributed by atoms with van der Waals surface area (Å²) in [7, 11) is 0. The zero-order valence-corrected chi connectivity index (χ0v) is 12.1. The Balaban J connectivity index is 2.15. The van der Waals surface area contributed by atoms with E-state index in [1.807, 2.05) is 0 Å². The van der Waals surface area contributed by atoms with E-state index >= 15 is 0 Å². The Morgan fingerprint density at radius 3 is 2.37 bits per heavy atom. The lowest BCUT2D eigenvalue weighted by Crippen LogP contribution is -2.02. The maximum atomic E-state index is 13.4. The molecule has 0 aliphatic rings. The van der Waals surface area contributed by atoms with E-state index in [-0.39, 0.29) is 12.2 Å². The van der Waals surface area contributed by atoms with E-state index in [9.17, 15) is 8.78 Å². The van der Waals surface area contributed by atoms with E-state index in [1.54, 1.807) is 18.2 Å². The van der Waals surface area contributed by atoms with Crippen molar-refractivity contribution in [2.45, 2.75) is 12.5 Å². The van der Waals surface area contributed by atoms with Crippen molar-refractivity contribution in [3.8, 4) is 5.75 Å². The quantitative estimate of drug-likeness (QED) is 0.704. The summed E-state index contributed by atoms with van der Waals surface area (Å²) in [4.78, 5) is 0. The largest absolute Gasteiger partial charge is 0.488 e. The van der Waals surface area contributed by atoms with Crippen molar-refractivity contribution in [3.63, 3.8) is 0 Å². The van der Waals surface area contributed by atoms with E-state index < -0.39 is 11.6 Å². The van der Waals surface area contributed by atoms with Gasteiger partial charge in [-0.25, -0.2) is 8.78 Å². The SMILES string of the molecule is Fc1cccc(F)c1COc1ccc(CCl)cc1Br. The highest BCUT2D eigenvalue weighted by Crippen LogP contribution is 2.28. The third-order valence-electron chi connectivity index (χ3n) is 2.58. The Labute approximate surface area is 123 Å². The van der Waals surface area contributed by atoms with Crippen LogP contribution in [-0.4, -0.2) is 0 Å². The molecular formula is C14H10BrClF2O. The van der Waals surface area contributed by atoms with E-state index in [0.29, 0.717) is 16.1 Å². The van der Waals surface area contributed by atoms with E-state index in [1.165, 1.54) is 18.2 Å². The summed E-state index contributed by atoms with van der Waals surface area (Å²) in [6, 6.07) is 9.03. The minimum absolute atomic E-state index is 0.0872. The van der Waals surface area contributed by atoms with Gasteiger partial charge in [-0.15, -0.1) is 11.6 Å². The Bertz CT molecular complexity index is 569. The summed E-state index contributed by atoms with van der Waals surface area (Å²) in [5, 5.41) is 0. The molecule has 1 nitrogen and oxygen atoms in total. The predicted octanol–water partition coefficient (Wildman–Crippen LogP) is 5.05. The smallest absolute Gasteiger partial charge is 0.134 e. The Morgan fingerprint density at radius 2 is 1.79 bits per heavy atom. The maximum absolute atomic E-state index is 13.4. The molecule has 0 spiro atoms. The lowest BCUT2D eigenvalue weighted by Gasteiger charge is -2.10. The monoisotopic (exact) mass is 346 g/mol. The molecule has 0 amide bonds. The second-order valence-electron chi connectivity index (χ2n) is 3.89.